The van der Waals surface area contributed by atoms with Crippen molar-refractivity contribution in [3.05, 3.63) is 66.1 Å². The number of carbonyl (C=O) groups excluding carboxylic acids is 1. The van der Waals surface area contributed by atoms with Crippen LogP contribution in [-0.2, 0) is 4.79 Å². The van der Waals surface area contributed by atoms with Gasteiger partial charge in [-0.25, -0.2) is 4.98 Å². The fourth-order valence-corrected chi connectivity index (χ4v) is 4.26. The van der Waals surface area contributed by atoms with E-state index in [9.17, 15) is 19.1 Å². The number of pyridine rings is 1. The van der Waals surface area contributed by atoms with Gasteiger partial charge in [0.15, 0.2) is 11.4 Å². The molecule has 1 atom stereocenters. The zero-order valence-corrected chi connectivity index (χ0v) is 19.3. The Balaban J connectivity index is 1.82. The van der Waals surface area contributed by atoms with Crippen LogP contribution in [0.5, 0.6) is 0 Å². The Hall–Kier alpha value is -4.14. The number of nitrogen functional groups attached to an aromatic ring is 1. The number of ketones is 1. The van der Waals surface area contributed by atoms with Gasteiger partial charge in [0.05, 0.1) is 29.8 Å². The lowest BCUT2D eigenvalue weighted by atomic mass is 9.90. The highest BCUT2D eigenvalue weighted by atomic mass is 19.1. The molecule has 0 saturated carbocycles. The molecular formula is C26H26FN5O3. The number of carboxylic acids is 1. The van der Waals surface area contributed by atoms with Gasteiger partial charge in [0.1, 0.15) is 5.82 Å². The number of nitrogens with two attached hydrogens (primary N) is 1. The van der Waals surface area contributed by atoms with E-state index in [1.54, 1.807) is 12.4 Å². The van der Waals surface area contributed by atoms with Gasteiger partial charge in [0.2, 0.25) is 0 Å². The van der Waals surface area contributed by atoms with Crippen LogP contribution in [0.3, 0.4) is 0 Å². The third kappa shape index (κ3) is 5.03. The minimum absolute atomic E-state index is 0.123. The molecule has 0 aliphatic rings. The molecular weight excluding hydrogens is 449 g/mol. The van der Waals surface area contributed by atoms with Crippen LogP contribution in [0.4, 0.5) is 10.2 Å². The van der Waals surface area contributed by atoms with E-state index < -0.39 is 18.6 Å². The van der Waals surface area contributed by atoms with Crippen molar-refractivity contribution in [2.24, 2.45) is 0 Å². The quantitative estimate of drug-likeness (QED) is 0.311. The topological polar surface area (TPSA) is 123 Å². The highest BCUT2D eigenvalue weighted by molar-refractivity contribution is 6.00. The molecule has 0 bridgehead atoms. The van der Waals surface area contributed by atoms with Crippen LogP contribution in [0.15, 0.2) is 54.9 Å². The molecule has 0 spiro atoms. The van der Waals surface area contributed by atoms with E-state index in [1.807, 2.05) is 42.5 Å². The average Bonchev–Trinajstić information content (AvgIpc) is 3.29. The molecule has 3 aromatic heterocycles. The van der Waals surface area contributed by atoms with E-state index in [0.717, 1.165) is 16.8 Å². The number of anilines is 1. The summed E-state index contributed by atoms with van der Waals surface area (Å²) in [4.78, 5) is 33.1. The molecule has 35 heavy (non-hydrogen) atoms. The number of rotatable bonds is 10. The van der Waals surface area contributed by atoms with Crippen LogP contribution in [0.1, 0.15) is 54.6 Å². The maximum Gasteiger partial charge on any atom is 0.303 e. The number of hydrogen-bond acceptors (Lipinski definition) is 6. The van der Waals surface area contributed by atoms with Gasteiger partial charge in [-0.15, -0.1) is 0 Å². The summed E-state index contributed by atoms with van der Waals surface area (Å²) >= 11 is 0. The monoisotopic (exact) mass is 475 g/mol. The number of benzene rings is 1. The summed E-state index contributed by atoms with van der Waals surface area (Å²) in [6, 6.07) is 13.6. The second-order valence-corrected chi connectivity index (χ2v) is 8.37. The molecule has 8 nitrogen and oxygen atoms in total. The van der Waals surface area contributed by atoms with Crippen LogP contribution in [0.2, 0.25) is 0 Å². The molecule has 9 heteroatoms. The number of alkyl halides is 1. The Morgan fingerprint density at radius 3 is 2.49 bits per heavy atom. The van der Waals surface area contributed by atoms with Gasteiger partial charge in [-0.1, -0.05) is 36.4 Å². The first-order valence-corrected chi connectivity index (χ1v) is 11.4. The predicted octanol–water partition coefficient (Wildman–Crippen LogP) is 4.94. The van der Waals surface area contributed by atoms with E-state index in [0.29, 0.717) is 23.3 Å². The van der Waals surface area contributed by atoms with Crippen LogP contribution >= 0.6 is 0 Å². The molecule has 0 aliphatic heterocycles. The molecule has 0 unspecified atom stereocenters. The summed E-state index contributed by atoms with van der Waals surface area (Å²) in [5.74, 6) is -1.59. The number of aliphatic carboxylic acids is 1. The van der Waals surface area contributed by atoms with E-state index in [4.69, 9.17) is 10.7 Å². The van der Waals surface area contributed by atoms with E-state index in [-0.39, 0.29) is 36.4 Å². The Labute approximate surface area is 201 Å². The zero-order chi connectivity index (χ0) is 24.9. The lowest BCUT2D eigenvalue weighted by Crippen LogP contribution is -2.17. The van der Waals surface area contributed by atoms with Crippen molar-refractivity contribution in [3.63, 3.8) is 0 Å². The average molecular weight is 476 g/mol. The van der Waals surface area contributed by atoms with Gasteiger partial charge >= 0.3 is 5.97 Å². The number of hydrogen-bond donors (Lipinski definition) is 2. The fourth-order valence-electron chi connectivity index (χ4n) is 4.26. The van der Waals surface area contributed by atoms with Gasteiger partial charge < -0.3 is 10.8 Å². The number of fused-ring (bicyclic) bond motifs is 1. The van der Waals surface area contributed by atoms with Gasteiger partial charge in [0.25, 0.3) is 0 Å². The van der Waals surface area contributed by atoms with Crippen molar-refractivity contribution in [1.29, 1.82) is 0 Å². The van der Waals surface area contributed by atoms with Crippen molar-refractivity contribution in [1.82, 2.24) is 19.6 Å². The third-order valence-corrected chi connectivity index (χ3v) is 5.99. The third-order valence-electron chi connectivity index (χ3n) is 5.99. The number of aromatic nitrogens is 4. The molecule has 0 radical (unpaired) electrons. The van der Waals surface area contributed by atoms with Crippen LogP contribution in [-0.4, -0.2) is 43.1 Å². The maximum absolute atomic E-state index is 13.0. The minimum Gasteiger partial charge on any atom is -0.481 e. The SMILES string of the molecule is CC(=O)c1c([C@H](CCCF)CCC(=O)O)nc2c(-c3ccc(-c4ccccc4)nc3)cnn2c1N. The number of Topliss-reactive ketones (excluding diaryl/α,β-unsaturated/α-hetero) is 1. The zero-order valence-electron chi connectivity index (χ0n) is 19.3. The van der Waals surface area contributed by atoms with E-state index in [2.05, 4.69) is 10.1 Å². The van der Waals surface area contributed by atoms with E-state index >= 15 is 0 Å². The first-order chi connectivity index (χ1) is 16.9. The Morgan fingerprint density at radius 2 is 1.86 bits per heavy atom. The maximum atomic E-state index is 13.0. The fraction of sp³-hybridized carbons (Fsp3) is 0.269. The molecule has 4 rings (SSSR count). The molecule has 180 valence electrons. The molecule has 3 N–H and O–H groups in total. The lowest BCUT2D eigenvalue weighted by Gasteiger charge is -2.19. The lowest BCUT2D eigenvalue weighted by molar-refractivity contribution is -0.137. The van der Waals surface area contributed by atoms with Crippen molar-refractivity contribution in [2.75, 3.05) is 12.4 Å². The van der Waals surface area contributed by atoms with Crippen molar-refractivity contribution >= 4 is 23.2 Å². The molecule has 4 aromatic rings. The number of nitrogens with zero attached hydrogens (tertiary/aromatic N) is 4. The van der Waals surface area contributed by atoms with Gasteiger partial charge in [-0.05, 0) is 32.3 Å². The highest BCUT2D eigenvalue weighted by Gasteiger charge is 2.26. The van der Waals surface area contributed by atoms with Crippen LogP contribution in [0.25, 0.3) is 28.0 Å². The standard InChI is InChI=1S/C26H26FN5O3/c1-16(33)23-24(18(8-5-13-27)10-12-22(34)35)31-26-20(15-30-32(26)25(23)28)19-9-11-21(29-14-19)17-6-3-2-4-7-17/h2-4,6-7,9,11,14-15,18H,5,8,10,12-13,28H2,1H3,(H,34,35)/t18-/m1/s1. The summed E-state index contributed by atoms with van der Waals surface area (Å²) in [6.07, 6.45) is 4.00. The summed E-state index contributed by atoms with van der Waals surface area (Å²) in [7, 11) is 0. The molecule has 0 amide bonds. The predicted molar refractivity (Wildman–Crippen MR) is 131 cm³/mol. The second kappa shape index (κ2) is 10.4. The smallest absolute Gasteiger partial charge is 0.303 e. The first kappa shape index (κ1) is 24.0. The largest absolute Gasteiger partial charge is 0.481 e. The number of halogens is 1. The second-order valence-electron chi connectivity index (χ2n) is 8.37. The first-order valence-electron chi connectivity index (χ1n) is 11.4. The molecule has 0 saturated heterocycles. The normalized spacial score (nSPS) is 12.1. The highest BCUT2D eigenvalue weighted by Crippen LogP contribution is 2.34. The van der Waals surface area contributed by atoms with E-state index in [1.165, 1.54) is 11.4 Å². The van der Waals surface area contributed by atoms with Crippen LogP contribution < -0.4 is 5.73 Å². The summed E-state index contributed by atoms with van der Waals surface area (Å²) in [5, 5.41) is 13.5. The molecule has 0 aliphatic carbocycles. The van der Waals surface area contributed by atoms with Gasteiger partial charge in [-0.2, -0.15) is 9.61 Å². The van der Waals surface area contributed by atoms with Gasteiger partial charge in [0, 0.05) is 35.2 Å². The number of carboxylic acid groups (broad SMARTS) is 1. The van der Waals surface area contributed by atoms with Crippen molar-refractivity contribution < 1.29 is 19.1 Å². The molecule has 0 fully saturated rings. The summed E-state index contributed by atoms with van der Waals surface area (Å²) in [5.41, 5.74) is 10.6. The molecule has 1 aromatic carbocycles. The Morgan fingerprint density at radius 1 is 1.09 bits per heavy atom. The van der Waals surface area contributed by atoms with Gasteiger partial charge in [-0.3, -0.25) is 19.0 Å². The van der Waals surface area contributed by atoms with Crippen molar-refractivity contribution in [3.8, 4) is 22.4 Å². The van der Waals surface area contributed by atoms with Crippen LogP contribution in [0, 0.1) is 0 Å². The Bertz CT molecular complexity index is 1350. The summed E-state index contributed by atoms with van der Waals surface area (Å²) in [6.45, 7) is 0.830. The summed E-state index contributed by atoms with van der Waals surface area (Å²) < 4.78 is 14.4. The number of carbonyl (C=O) groups is 2. The Kier molecular flexibility index (Phi) is 7.14. The van der Waals surface area contributed by atoms with Crippen molar-refractivity contribution in [2.45, 2.75) is 38.5 Å². The minimum atomic E-state index is -0.969. The molecule has 3 heterocycles.